The largest absolute Gasteiger partial charge is 0.493 e. The smallest absolute Gasteiger partial charge is 0.257 e. The Kier molecular flexibility index (Phi) is 5.52. The Hall–Kier alpha value is -2.54. The van der Waals surface area contributed by atoms with E-state index in [1.807, 2.05) is 31.2 Å². The number of pyridine rings is 2. The highest BCUT2D eigenvalue weighted by Crippen LogP contribution is 2.32. The Morgan fingerprint density at radius 3 is 2.93 bits per heavy atom. The number of hydrogen-bond donors (Lipinski definition) is 0. The molecule has 7 heteroatoms. The maximum absolute atomic E-state index is 6.02. The first-order chi connectivity index (χ1) is 13.6. The van der Waals surface area contributed by atoms with Crippen LogP contribution in [0, 0.1) is 12.8 Å². The van der Waals surface area contributed by atoms with Crippen LogP contribution in [0.4, 0.5) is 0 Å². The fraction of sp³-hybridized carbons (Fsp3) is 0.524. The Balaban J connectivity index is 1.34. The zero-order valence-corrected chi connectivity index (χ0v) is 16.7. The molecule has 0 spiro atoms. The molecule has 4 rings (SSSR count). The second-order valence-corrected chi connectivity index (χ2v) is 7.36. The molecule has 0 N–H and O–H groups in total. The fourth-order valence-corrected chi connectivity index (χ4v) is 3.72. The van der Waals surface area contributed by atoms with Gasteiger partial charge in [0, 0.05) is 36.3 Å². The lowest BCUT2D eigenvalue weighted by atomic mass is 10.1. The summed E-state index contributed by atoms with van der Waals surface area (Å²) in [5.74, 6) is 3.22. The van der Waals surface area contributed by atoms with Crippen LogP contribution in [0.5, 0.6) is 23.3 Å². The van der Waals surface area contributed by atoms with Crippen LogP contribution in [0.1, 0.15) is 30.8 Å². The van der Waals surface area contributed by atoms with Crippen molar-refractivity contribution in [1.29, 1.82) is 0 Å². The molecule has 0 amide bonds. The molecule has 2 aromatic rings. The molecule has 2 atom stereocenters. The van der Waals surface area contributed by atoms with Gasteiger partial charge in [0.05, 0.1) is 19.4 Å². The van der Waals surface area contributed by atoms with E-state index in [1.165, 1.54) is 0 Å². The summed E-state index contributed by atoms with van der Waals surface area (Å²) in [7, 11) is 1.62. The average Bonchev–Trinajstić information content (AvgIpc) is 3.20. The van der Waals surface area contributed by atoms with Crippen molar-refractivity contribution in [3.8, 4) is 23.3 Å². The lowest BCUT2D eigenvalue weighted by Gasteiger charge is -2.25. The van der Waals surface area contributed by atoms with E-state index in [4.69, 9.17) is 18.9 Å². The van der Waals surface area contributed by atoms with Crippen molar-refractivity contribution in [2.75, 3.05) is 40.0 Å². The number of aromatic nitrogens is 2. The summed E-state index contributed by atoms with van der Waals surface area (Å²) in [6.45, 7) is 7.97. The van der Waals surface area contributed by atoms with Gasteiger partial charge in [-0.15, -0.1) is 0 Å². The number of likely N-dealkylation sites (tertiary alicyclic amines) is 1. The number of nitrogens with zero attached hydrogens (tertiary/aromatic N) is 3. The third-order valence-electron chi connectivity index (χ3n) is 5.32. The second kappa shape index (κ2) is 8.22. The lowest BCUT2D eigenvalue weighted by molar-refractivity contribution is 0.161. The quantitative estimate of drug-likeness (QED) is 0.757. The van der Waals surface area contributed by atoms with Gasteiger partial charge in [-0.05, 0) is 38.9 Å². The topological polar surface area (TPSA) is 65.9 Å². The molecule has 0 aromatic carbocycles. The van der Waals surface area contributed by atoms with E-state index in [0.717, 1.165) is 42.4 Å². The SMILES string of the molecule is COc1cc(OC[C@@H]2CCN(C(C)c3ccc4c(n3)OCCO4)C2)cc(C)n1. The predicted octanol–water partition coefficient (Wildman–Crippen LogP) is 3.03. The van der Waals surface area contributed by atoms with Gasteiger partial charge in [-0.1, -0.05) is 0 Å². The molecule has 0 bridgehead atoms. The molecule has 7 nitrogen and oxygen atoms in total. The normalized spacial score (nSPS) is 20.0. The van der Waals surface area contributed by atoms with Crippen LogP contribution in [0.2, 0.25) is 0 Å². The van der Waals surface area contributed by atoms with Gasteiger partial charge in [0.2, 0.25) is 5.88 Å². The van der Waals surface area contributed by atoms with Gasteiger partial charge in [0.15, 0.2) is 5.75 Å². The average molecular weight is 385 g/mol. The zero-order valence-electron chi connectivity index (χ0n) is 16.7. The Bertz CT molecular complexity index is 829. The van der Waals surface area contributed by atoms with Crippen molar-refractivity contribution < 1.29 is 18.9 Å². The monoisotopic (exact) mass is 385 g/mol. The number of aryl methyl sites for hydroxylation is 1. The Morgan fingerprint density at radius 1 is 1.21 bits per heavy atom. The van der Waals surface area contributed by atoms with Gasteiger partial charge >= 0.3 is 0 Å². The number of fused-ring (bicyclic) bond motifs is 1. The third-order valence-corrected chi connectivity index (χ3v) is 5.32. The van der Waals surface area contributed by atoms with Crippen molar-refractivity contribution in [2.45, 2.75) is 26.3 Å². The van der Waals surface area contributed by atoms with E-state index in [1.54, 1.807) is 7.11 Å². The van der Waals surface area contributed by atoms with E-state index >= 15 is 0 Å². The summed E-state index contributed by atoms with van der Waals surface area (Å²) < 4.78 is 22.4. The molecule has 2 aliphatic heterocycles. The van der Waals surface area contributed by atoms with E-state index in [9.17, 15) is 0 Å². The molecule has 0 radical (unpaired) electrons. The van der Waals surface area contributed by atoms with Crippen LogP contribution >= 0.6 is 0 Å². The number of methoxy groups -OCH3 is 1. The minimum atomic E-state index is 0.226. The van der Waals surface area contributed by atoms with Gasteiger partial charge in [-0.25, -0.2) is 9.97 Å². The summed E-state index contributed by atoms with van der Waals surface area (Å²) in [4.78, 5) is 11.4. The van der Waals surface area contributed by atoms with E-state index < -0.39 is 0 Å². The zero-order chi connectivity index (χ0) is 19.5. The summed E-state index contributed by atoms with van der Waals surface area (Å²) in [6.07, 6.45) is 1.11. The molecule has 0 saturated carbocycles. The third kappa shape index (κ3) is 4.14. The minimum Gasteiger partial charge on any atom is -0.493 e. The Labute approximate surface area is 165 Å². The number of rotatable bonds is 6. The number of hydrogen-bond acceptors (Lipinski definition) is 7. The van der Waals surface area contributed by atoms with Crippen molar-refractivity contribution in [3.05, 3.63) is 35.7 Å². The first kappa shape index (κ1) is 18.8. The highest BCUT2D eigenvalue weighted by molar-refractivity contribution is 5.36. The van der Waals surface area contributed by atoms with Crippen LogP contribution in [-0.2, 0) is 0 Å². The van der Waals surface area contributed by atoms with Crippen molar-refractivity contribution in [3.63, 3.8) is 0 Å². The predicted molar refractivity (Wildman–Crippen MR) is 104 cm³/mol. The van der Waals surface area contributed by atoms with E-state index in [2.05, 4.69) is 21.8 Å². The maximum atomic E-state index is 6.02. The second-order valence-electron chi connectivity index (χ2n) is 7.36. The van der Waals surface area contributed by atoms with Gasteiger partial charge in [0.25, 0.3) is 5.88 Å². The van der Waals surface area contributed by atoms with Gasteiger partial charge in [0.1, 0.15) is 19.0 Å². The molecule has 2 aromatic heterocycles. The molecule has 1 saturated heterocycles. The molecule has 4 heterocycles. The van der Waals surface area contributed by atoms with Crippen molar-refractivity contribution >= 4 is 0 Å². The highest BCUT2D eigenvalue weighted by atomic mass is 16.6. The molecule has 0 aliphatic carbocycles. The first-order valence-corrected chi connectivity index (χ1v) is 9.78. The summed E-state index contributed by atoms with van der Waals surface area (Å²) >= 11 is 0. The van der Waals surface area contributed by atoms with Crippen LogP contribution in [0.15, 0.2) is 24.3 Å². The van der Waals surface area contributed by atoms with E-state index in [0.29, 0.717) is 37.5 Å². The molecule has 1 fully saturated rings. The van der Waals surface area contributed by atoms with Gasteiger partial charge in [-0.3, -0.25) is 4.90 Å². The molecular formula is C21H27N3O4. The maximum Gasteiger partial charge on any atom is 0.257 e. The minimum absolute atomic E-state index is 0.226. The van der Waals surface area contributed by atoms with Gasteiger partial charge in [-0.2, -0.15) is 0 Å². The summed E-state index contributed by atoms with van der Waals surface area (Å²) in [6, 6.07) is 8.00. The summed E-state index contributed by atoms with van der Waals surface area (Å²) in [5, 5.41) is 0. The van der Waals surface area contributed by atoms with Crippen LogP contribution in [0.25, 0.3) is 0 Å². The molecule has 2 aliphatic rings. The highest BCUT2D eigenvalue weighted by Gasteiger charge is 2.28. The standard InChI is InChI=1S/C21H27N3O4/c1-14-10-17(11-20(22-14)25-3)28-13-16-6-7-24(12-16)15(2)18-4-5-19-21(23-18)27-9-8-26-19/h4-5,10-11,15-16H,6-9,12-13H2,1-3H3/t15?,16-/m1/s1. The first-order valence-electron chi connectivity index (χ1n) is 9.78. The lowest BCUT2D eigenvalue weighted by Crippen LogP contribution is -2.27. The van der Waals surface area contributed by atoms with Crippen LogP contribution in [-0.4, -0.2) is 54.9 Å². The Morgan fingerprint density at radius 2 is 2.07 bits per heavy atom. The number of ether oxygens (including phenoxy) is 4. The van der Waals surface area contributed by atoms with Crippen LogP contribution in [0.3, 0.4) is 0 Å². The molecule has 150 valence electrons. The van der Waals surface area contributed by atoms with Crippen LogP contribution < -0.4 is 18.9 Å². The fourth-order valence-electron chi connectivity index (χ4n) is 3.72. The van der Waals surface area contributed by atoms with Crippen molar-refractivity contribution in [2.24, 2.45) is 5.92 Å². The molecule has 28 heavy (non-hydrogen) atoms. The van der Waals surface area contributed by atoms with E-state index in [-0.39, 0.29) is 6.04 Å². The van der Waals surface area contributed by atoms with Crippen molar-refractivity contribution in [1.82, 2.24) is 14.9 Å². The van der Waals surface area contributed by atoms with Gasteiger partial charge < -0.3 is 18.9 Å². The summed E-state index contributed by atoms with van der Waals surface area (Å²) in [5.41, 5.74) is 1.90. The molecular weight excluding hydrogens is 358 g/mol. The molecule has 1 unspecified atom stereocenters.